The van der Waals surface area contributed by atoms with Gasteiger partial charge in [-0.1, -0.05) is 31.0 Å². The van der Waals surface area contributed by atoms with Gasteiger partial charge in [0.15, 0.2) is 0 Å². The maximum atomic E-state index is 10.6. The minimum atomic E-state index is -3.32. The maximum absolute atomic E-state index is 10.6. The summed E-state index contributed by atoms with van der Waals surface area (Å²) in [5.74, 6) is 0.935. The Balaban J connectivity index is 1.99. The van der Waals surface area contributed by atoms with Crippen LogP contribution in [0, 0.1) is 0 Å². The summed E-state index contributed by atoms with van der Waals surface area (Å²) in [6.07, 6.45) is 3.37. The molecule has 1 rings (SSSR count). The van der Waals surface area contributed by atoms with Gasteiger partial charge >= 0.3 is 0 Å². The fourth-order valence-electron chi connectivity index (χ4n) is 1.44. The molecule has 0 N–H and O–H groups in total. The highest BCUT2D eigenvalue weighted by Crippen LogP contribution is 2.10. The van der Waals surface area contributed by atoms with Crippen molar-refractivity contribution in [3.63, 3.8) is 0 Å². The highest BCUT2D eigenvalue weighted by Gasteiger charge is 2.03. The van der Waals surface area contributed by atoms with Gasteiger partial charge in [-0.3, -0.25) is 0 Å². The third-order valence-corrected chi connectivity index (χ3v) is 3.53. The minimum Gasteiger partial charge on any atom is -0.494 e. The zero-order valence-electron chi connectivity index (χ0n) is 9.64. The van der Waals surface area contributed by atoms with E-state index in [-0.39, 0.29) is 5.75 Å². The van der Waals surface area contributed by atoms with Crippen LogP contribution in [0.3, 0.4) is 0 Å². The summed E-state index contributed by atoms with van der Waals surface area (Å²) in [7, 11) is 1.78. The van der Waals surface area contributed by atoms with Gasteiger partial charge in [0.25, 0.3) is 0 Å². The van der Waals surface area contributed by atoms with Crippen LogP contribution in [0.2, 0.25) is 0 Å². The standard InChI is InChI=1S/C12H17ClO3S/c13-17(14,15)11-7-2-1-6-10-16-12-8-4-3-5-9-12/h3-5,8-9H,1-2,6-7,10-11H2. The number of benzene rings is 1. The van der Waals surface area contributed by atoms with Crippen LogP contribution in [0.1, 0.15) is 25.7 Å². The van der Waals surface area contributed by atoms with Gasteiger partial charge in [-0.25, -0.2) is 8.42 Å². The molecular formula is C12H17ClO3S. The van der Waals surface area contributed by atoms with Gasteiger partial charge in [0.2, 0.25) is 9.05 Å². The van der Waals surface area contributed by atoms with Crippen LogP contribution < -0.4 is 4.74 Å². The molecule has 17 heavy (non-hydrogen) atoms. The first-order valence-corrected chi connectivity index (χ1v) is 8.16. The molecule has 96 valence electrons. The highest BCUT2D eigenvalue weighted by atomic mass is 35.7. The molecule has 1 aromatic rings. The van der Waals surface area contributed by atoms with Crippen molar-refractivity contribution in [3.05, 3.63) is 30.3 Å². The zero-order chi connectivity index (χ0) is 12.6. The molecule has 0 aliphatic carbocycles. The number of ether oxygens (including phenoxy) is 1. The molecular weight excluding hydrogens is 260 g/mol. The molecule has 3 nitrogen and oxygen atoms in total. The molecule has 0 aliphatic rings. The molecule has 0 heterocycles. The summed E-state index contributed by atoms with van der Waals surface area (Å²) in [5.41, 5.74) is 0. The predicted molar refractivity (Wildman–Crippen MR) is 70.0 cm³/mol. The quantitative estimate of drug-likeness (QED) is 0.541. The molecule has 0 saturated heterocycles. The van der Waals surface area contributed by atoms with Crippen LogP contribution in [-0.4, -0.2) is 20.8 Å². The SMILES string of the molecule is O=S(=O)(Cl)CCCCCCOc1ccccc1. The molecule has 0 unspecified atom stereocenters. The number of hydrogen-bond acceptors (Lipinski definition) is 3. The summed E-state index contributed by atoms with van der Waals surface area (Å²) < 4.78 is 26.8. The van der Waals surface area contributed by atoms with Gasteiger partial charge < -0.3 is 4.74 Å². The van der Waals surface area contributed by atoms with E-state index >= 15 is 0 Å². The van der Waals surface area contributed by atoms with Gasteiger partial charge in [0.05, 0.1) is 12.4 Å². The fraction of sp³-hybridized carbons (Fsp3) is 0.500. The molecule has 0 aromatic heterocycles. The molecule has 1 aromatic carbocycles. The molecule has 0 fully saturated rings. The first kappa shape index (κ1) is 14.3. The Hall–Kier alpha value is -0.740. The first-order chi connectivity index (χ1) is 8.08. The average molecular weight is 277 g/mol. The summed E-state index contributed by atoms with van der Waals surface area (Å²) in [6.45, 7) is 0.664. The van der Waals surface area contributed by atoms with Gasteiger partial charge in [0.1, 0.15) is 5.75 Å². The van der Waals surface area contributed by atoms with Crippen molar-refractivity contribution in [1.29, 1.82) is 0 Å². The topological polar surface area (TPSA) is 43.4 Å². The first-order valence-electron chi connectivity index (χ1n) is 5.68. The molecule has 5 heteroatoms. The number of unbranched alkanes of at least 4 members (excludes halogenated alkanes) is 3. The predicted octanol–water partition coefficient (Wildman–Crippen LogP) is 3.19. The van der Waals surface area contributed by atoms with Gasteiger partial charge in [-0.2, -0.15) is 0 Å². The monoisotopic (exact) mass is 276 g/mol. The van der Waals surface area contributed by atoms with Crippen LogP contribution in [-0.2, 0) is 9.05 Å². The van der Waals surface area contributed by atoms with Gasteiger partial charge in [-0.05, 0) is 25.0 Å². The lowest BCUT2D eigenvalue weighted by atomic mass is 10.2. The summed E-state index contributed by atoms with van der Waals surface area (Å²) in [5, 5.41) is 0. The van der Waals surface area contributed by atoms with E-state index in [1.54, 1.807) is 0 Å². The Morgan fingerprint density at radius 2 is 1.65 bits per heavy atom. The van der Waals surface area contributed by atoms with Crippen molar-refractivity contribution >= 4 is 19.7 Å². The molecule has 0 radical (unpaired) electrons. The minimum absolute atomic E-state index is 0.0636. The van der Waals surface area contributed by atoms with E-state index < -0.39 is 9.05 Å². The molecule has 0 bridgehead atoms. The smallest absolute Gasteiger partial charge is 0.232 e. The molecule has 0 saturated carbocycles. The molecule has 0 amide bonds. The lowest BCUT2D eigenvalue weighted by molar-refractivity contribution is 0.305. The fourth-order valence-corrected chi connectivity index (χ4v) is 2.31. The van der Waals surface area contributed by atoms with E-state index in [0.717, 1.165) is 25.0 Å². The Labute approximate surface area is 107 Å². The van der Waals surface area contributed by atoms with Crippen molar-refractivity contribution < 1.29 is 13.2 Å². The molecule has 0 spiro atoms. The van der Waals surface area contributed by atoms with Crippen molar-refractivity contribution in [2.24, 2.45) is 0 Å². The maximum Gasteiger partial charge on any atom is 0.232 e. The van der Waals surface area contributed by atoms with Crippen LogP contribution in [0.4, 0.5) is 0 Å². The van der Waals surface area contributed by atoms with E-state index in [2.05, 4.69) is 0 Å². The Morgan fingerprint density at radius 3 is 2.29 bits per heavy atom. The Kier molecular flexibility index (Phi) is 6.37. The summed E-state index contributed by atoms with van der Waals surface area (Å²) in [6, 6.07) is 9.64. The van der Waals surface area contributed by atoms with Crippen LogP contribution in [0.25, 0.3) is 0 Å². The third kappa shape index (κ3) is 8.05. The highest BCUT2D eigenvalue weighted by molar-refractivity contribution is 8.13. The van der Waals surface area contributed by atoms with E-state index in [1.165, 1.54) is 0 Å². The second kappa shape index (κ2) is 7.56. The van der Waals surface area contributed by atoms with E-state index in [1.807, 2.05) is 30.3 Å². The Morgan fingerprint density at radius 1 is 1.00 bits per heavy atom. The average Bonchev–Trinajstić information content (AvgIpc) is 2.28. The molecule has 0 atom stereocenters. The largest absolute Gasteiger partial charge is 0.494 e. The number of halogens is 1. The van der Waals surface area contributed by atoms with E-state index in [0.29, 0.717) is 13.0 Å². The Bertz CT molecular complexity index is 403. The van der Waals surface area contributed by atoms with Crippen molar-refractivity contribution in [2.45, 2.75) is 25.7 Å². The normalized spacial score (nSPS) is 11.4. The zero-order valence-corrected chi connectivity index (χ0v) is 11.2. The number of hydrogen-bond donors (Lipinski definition) is 0. The third-order valence-electron chi connectivity index (χ3n) is 2.29. The van der Waals surface area contributed by atoms with Gasteiger partial charge in [-0.15, -0.1) is 0 Å². The van der Waals surface area contributed by atoms with Crippen molar-refractivity contribution in [1.82, 2.24) is 0 Å². The van der Waals surface area contributed by atoms with Crippen LogP contribution in [0.15, 0.2) is 30.3 Å². The number of rotatable bonds is 8. The second-order valence-electron chi connectivity index (χ2n) is 3.82. The van der Waals surface area contributed by atoms with E-state index in [9.17, 15) is 8.42 Å². The lowest BCUT2D eigenvalue weighted by Crippen LogP contribution is -1.99. The van der Waals surface area contributed by atoms with E-state index in [4.69, 9.17) is 15.4 Å². The summed E-state index contributed by atoms with van der Waals surface area (Å²) >= 11 is 0. The van der Waals surface area contributed by atoms with Crippen molar-refractivity contribution in [2.75, 3.05) is 12.4 Å². The lowest BCUT2D eigenvalue weighted by Gasteiger charge is -2.05. The van der Waals surface area contributed by atoms with Crippen LogP contribution in [0.5, 0.6) is 5.75 Å². The van der Waals surface area contributed by atoms with Crippen LogP contribution >= 0.6 is 10.7 Å². The van der Waals surface area contributed by atoms with Crippen molar-refractivity contribution in [3.8, 4) is 5.75 Å². The summed E-state index contributed by atoms with van der Waals surface area (Å²) in [4.78, 5) is 0. The number of para-hydroxylation sites is 1. The van der Waals surface area contributed by atoms with Gasteiger partial charge in [0, 0.05) is 10.7 Å². The molecule has 0 aliphatic heterocycles. The second-order valence-corrected chi connectivity index (χ2v) is 6.72.